The van der Waals surface area contributed by atoms with Gasteiger partial charge in [-0.1, -0.05) is 43.1 Å². The van der Waals surface area contributed by atoms with Crippen LogP contribution < -0.4 is 0 Å². The van der Waals surface area contributed by atoms with Crippen molar-refractivity contribution < 1.29 is 0 Å². The molecule has 0 saturated heterocycles. The fourth-order valence-electron chi connectivity index (χ4n) is 2.14. The van der Waals surface area contributed by atoms with Gasteiger partial charge in [0.1, 0.15) is 0 Å². The number of aryl methyl sites for hydroxylation is 1. The van der Waals surface area contributed by atoms with Crippen LogP contribution in [0, 0.1) is 0 Å². The first-order chi connectivity index (χ1) is 8.21. The predicted octanol–water partition coefficient (Wildman–Crippen LogP) is 4.74. The third kappa shape index (κ3) is 4.82. The van der Waals surface area contributed by atoms with Crippen LogP contribution in [0.3, 0.4) is 0 Å². The first-order valence-electron chi connectivity index (χ1n) is 6.89. The van der Waals surface area contributed by atoms with Crippen molar-refractivity contribution in [3.05, 3.63) is 18.0 Å². The monoisotopic (exact) mass is 300 g/mol. The van der Waals surface area contributed by atoms with Crippen molar-refractivity contribution in [2.24, 2.45) is 0 Å². The van der Waals surface area contributed by atoms with E-state index in [9.17, 15) is 0 Å². The molecular weight excluding hydrogens is 276 g/mol. The molecule has 0 spiro atoms. The van der Waals surface area contributed by atoms with Gasteiger partial charge in [0.05, 0.1) is 11.7 Å². The Morgan fingerprint density at radius 1 is 1.24 bits per heavy atom. The van der Waals surface area contributed by atoms with Gasteiger partial charge < -0.3 is 0 Å². The highest BCUT2D eigenvalue weighted by molar-refractivity contribution is 9.09. The molecule has 98 valence electrons. The Morgan fingerprint density at radius 2 is 1.94 bits per heavy atom. The number of rotatable bonds is 8. The molecule has 1 heterocycles. The van der Waals surface area contributed by atoms with Gasteiger partial charge in [0.25, 0.3) is 0 Å². The minimum atomic E-state index is 0.569. The third-order valence-electron chi connectivity index (χ3n) is 3.30. The molecule has 1 atom stereocenters. The Labute approximate surface area is 114 Å². The molecule has 1 rings (SSSR count). The van der Waals surface area contributed by atoms with Gasteiger partial charge in [-0.3, -0.25) is 4.68 Å². The van der Waals surface area contributed by atoms with Crippen LogP contribution in [0.25, 0.3) is 0 Å². The van der Waals surface area contributed by atoms with Crippen LogP contribution in [0.4, 0.5) is 0 Å². The number of aromatic nitrogens is 2. The molecule has 0 saturated carbocycles. The Hall–Kier alpha value is -0.310. The molecule has 0 aliphatic heterocycles. The smallest absolute Gasteiger partial charge is 0.0625 e. The third-order valence-corrected chi connectivity index (χ3v) is 4.21. The van der Waals surface area contributed by atoms with Crippen molar-refractivity contribution in [1.82, 2.24) is 9.78 Å². The standard InChI is InChI=1S/C14H25BrN2/c1-4-7-12(15)8-9-13-10-11-17(16-13)14(5-2)6-3/h10-12,14H,4-9H2,1-3H3. The number of halogens is 1. The van der Waals surface area contributed by atoms with Gasteiger partial charge in [0.2, 0.25) is 0 Å². The average molecular weight is 301 g/mol. The molecule has 0 aliphatic rings. The topological polar surface area (TPSA) is 17.8 Å². The lowest BCUT2D eigenvalue weighted by Gasteiger charge is -2.12. The maximum Gasteiger partial charge on any atom is 0.0625 e. The van der Waals surface area contributed by atoms with E-state index in [1.807, 2.05) is 0 Å². The summed E-state index contributed by atoms with van der Waals surface area (Å²) < 4.78 is 2.14. The van der Waals surface area contributed by atoms with Crippen LogP contribution in [0.1, 0.15) is 64.6 Å². The van der Waals surface area contributed by atoms with Crippen LogP contribution in [0.5, 0.6) is 0 Å². The van der Waals surface area contributed by atoms with Crippen molar-refractivity contribution in [2.75, 3.05) is 0 Å². The molecule has 3 heteroatoms. The highest BCUT2D eigenvalue weighted by atomic mass is 79.9. The van der Waals surface area contributed by atoms with Gasteiger partial charge in [-0.15, -0.1) is 0 Å². The van der Waals surface area contributed by atoms with Gasteiger partial charge >= 0.3 is 0 Å². The Kier molecular flexibility index (Phi) is 6.86. The lowest BCUT2D eigenvalue weighted by Crippen LogP contribution is -2.08. The molecule has 1 unspecified atom stereocenters. The highest BCUT2D eigenvalue weighted by Gasteiger charge is 2.09. The molecule has 0 aliphatic carbocycles. The van der Waals surface area contributed by atoms with Crippen LogP contribution in [0.15, 0.2) is 12.3 Å². The summed E-state index contributed by atoms with van der Waals surface area (Å²) in [7, 11) is 0. The van der Waals surface area contributed by atoms with Crippen LogP contribution >= 0.6 is 15.9 Å². The Balaban J connectivity index is 2.45. The zero-order valence-electron chi connectivity index (χ0n) is 11.3. The SMILES string of the molecule is CCCC(Br)CCc1ccn(C(CC)CC)n1. The van der Waals surface area contributed by atoms with E-state index in [1.54, 1.807) is 0 Å². The number of nitrogens with zero attached hydrogens (tertiary/aromatic N) is 2. The number of alkyl halides is 1. The van der Waals surface area contributed by atoms with E-state index in [4.69, 9.17) is 0 Å². The first kappa shape index (κ1) is 14.7. The average Bonchev–Trinajstić information content (AvgIpc) is 2.77. The Morgan fingerprint density at radius 3 is 2.53 bits per heavy atom. The van der Waals surface area contributed by atoms with Gasteiger partial charge in [-0.05, 0) is 38.2 Å². The summed E-state index contributed by atoms with van der Waals surface area (Å²) in [6, 6.07) is 2.74. The zero-order valence-corrected chi connectivity index (χ0v) is 12.9. The summed E-state index contributed by atoms with van der Waals surface area (Å²) in [5.41, 5.74) is 1.23. The van der Waals surface area contributed by atoms with E-state index in [2.05, 4.69) is 58.7 Å². The molecule has 0 bridgehead atoms. The fourth-order valence-corrected chi connectivity index (χ4v) is 2.83. The predicted molar refractivity (Wildman–Crippen MR) is 77.8 cm³/mol. The summed E-state index contributed by atoms with van der Waals surface area (Å²) in [6.07, 6.45) is 9.24. The van der Waals surface area contributed by atoms with Crippen molar-refractivity contribution in [3.63, 3.8) is 0 Å². The van der Waals surface area contributed by atoms with E-state index in [1.165, 1.54) is 25.0 Å². The molecule has 1 aromatic rings. The highest BCUT2D eigenvalue weighted by Crippen LogP contribution is 2.17. The van der Waals surface area contributed by atoms with Crippen molar-refractivity contribution in [2.45, 2.75) is 70.2 Å². The molecule has 0 amide bonds. The van der Waals surface area contributed by atoms with E-state index in [-0.39, 0.29) is 0 Å². The molecule has 0 aromatic carbocycles. The van der Waals surface area contributed by atoms with Crippen molar-refractivity contribution in [1.29, 1.82) is 0 Å². The molecule has 0 N–H and O–H groups in total. The largest absolute Gasteiger partial charge is 0.269 e. The molecular formula is C14H25BrN2. The molecule has 0 radical (unpaired) electrons. The normalized spacial score (nSPS) is 13.2. The molecule has 1 aromatic heterocycles. The van der Waals surface area contributed by atoms with E-state index >= 15 is 0 Å². The summed E-state index contributed by atoms with van der Waals surface area (Å²) in [6.45, 7) is 6.69. The molecule has 17 heavy (non-hydrogen) atoms. The quantitative estimate of drug-likeness (QED) is 0.634. The molecule has 0 fully saturated rings. The van der Waals surface area contributed by atoms with E-state index in [0.717, 1.165) is 19.3 Å². The van der Waals surface area contributed by atoms with Gasteiger partial charge in [0.15, 0.2) is 0 Å². The van der Waals surface area contributed by atoms with E-state index in [0.29, 0.717) is 10.9 Å². The summed E-state index contributed by atoms with van der Waals surface area (Å²) in [5, 5.41) is 4.68. The Bertz CT molecular complexity index is 305. The van der Waals surface area contributed by atoms with Crippen LogP contribution in [0.2, 0.25) is 0 Å². The minimum absolute atomic E-state index is 0.569. The van der Waals surface area contributed by atoms with Gasteiger partial charge in [-0.2, -0.15) is 5.10 Å². The lowest BCUT2D eigenvalue weighted by molar-refractivity contribution is 0.425. The van der Waals surface area contributed by atoms with Crippen molar-refractivity contribution >= 4 is 15.9 Å². The molecule has 2 nitrogen and oxygen atoms in total. The summed E-state index contributed by atoms with van der Waals surface area (Å²) in [4.78, 5) is 0.644. The maximum atomic E-state index is 4.68. The van der Waals surface area contributed by atoms with Crippen LogP contribution in [-0.2, 0) is 6.42 Å². The second-order valence-electron chi connectivity index (χ2n) is 4.68. The van der Waals surface area contributed by atoms with Gasteiger partial charge in [0, 0.05) is 11.0 Å². The lowest BCUT2D eigenvalue weighted by atomic mass is 10.1. The second-order valence-corrected chi connectivity index (χ2v) is 5.98. The zero-order chi connectivity index (χ0) is 12.7. The summed E-state index contributed by atoms with van der Waals surface area (Å²) in [5.74, 6) is 0. The van der Waals surface area contributed by atoms with Gasteiger partial charge in [-0.25, -0.2) is 0 Å². The maximum absolute atomic E-state index is 4.68. The number of hydrogen-bond donors (Lipinski definition) is 0. The van der Waals surface area contributed by atoms with Crippen LogP contribution in [-0.4, -0.2) is 14.6 Å². The summed E-state index contributed by atoms with van der Waals surface area (Å²) >= 11 is 3.72. The van der Waals surface area contributed by atoms with E-state index < -0.39 is 0 Å². The first-order valence-corrected chi connectivity index (χ1v) is 7.80. The number of hydrogen-bond acceptors (Lipinski definition) is 1. The van der Waals surface area contributed by atoms with Crippen molar-refractivity contribution in [3.8, 4) is 0 Å². The fraction of sp³-hybridized carbons (Fsp3) is 0.786. The minimum Gasteiger partial charge on any atom is -0.269 e. The second kappa shape index (κ2) is 7.91.